The van der Waals surface area contributed by atoms with Crippen LogP contribution in [0, 0.1) is 11.8 Å². The van der Waals surface area contributed by atoms with E-state index in [-0.39, 0.29) is 30.0 Å². The first-order valence-corrected chi connectivity index (χ1v) is 9.92. The summed E-state index contributed by atoms with van der Waals surface area (Å²) in [5, 5.41) is 0. The molecular formula is C16H23N3O4S. The maximum atomic E-state index is 12.3. The summed E-state index contributed by atoms with van der Waals surface area (Å²) >= 11 is 0. The second-order valence-corrected chi connectivity index (χ2v) is 8.27. The standard InChI is InChI=1S/C16H23N3O4S/c20-16(14-4-7-23-8-5-14)19-10-13(11-19)12-24(21,22)18-9-15-3-1-2-6-17-15/h1-3,6,13-14,18H,4-5,7-12H2. The van der Waals surface area contributed by atoms with Crippen LogP contribution in [0.5, 0.6) is 0 Å². The average molecular weight is 353 g/mol. The van der Waals surface area contributed by atoms with Crippen LogP contribution in [0.15, 0.2) is 24.4 Å². The highest BCUT2D eigenvalue weighted by Gasteiger charge is 2.37. The molecule has 2 saturated heterocycles. The molecule has 2 aliphatic rings. The van der Waals surface area contributed by atoms with Crippen molar-refractivity contribution in [3.8, 4) is 0 Å². The van der Waals surface area contributed by atoms with Crippen molar-refractivity contribution in [1.82, 2.24) is 14.6 Å². The average Bonchev–Trinajstić information content (AvgIpc) is 2.57. The molecule has 0 bridgehead atoms. The number of likely N-dealkylation sites (tertiary alicyclic amines) is 1. The molecule has 2 aliphatic heterocycles. The van der Waals surface area contributed by atoms with Crippen LogP contribution in [0.25, 0.3) is 0 Å². The molecule has 0 radical (unpaired) electrons. The van der Waals surface area contributed by atoms with Gasteiger partial charge in [-0.1, -0.05) is 6.07 Å². The van der Waals surface area contributed by atoms with Gasteiger partial charge in [0.1, 0.15) is 0 Å². The van der Waals surface area contributed by atoms with Crippen molar-refractivity contribution in [2.75, 3.05) is 32.1 Å². The van der Waals surface area contributed by atoms with E-state index in [1.54, 1.807) is 23.2 Å². The fourth-order valence-corrected chi connectivity index (χ4v) is 4.43. The maximum absolute atomic E-state index is 12.3. The number of hydrogen-bond acceptors (Lipinski definition) is 5. The summed E-state index contributed by atoms with van der Waals surface area (Å²) in [7, 11) is -3.36. The summed E-state index contributed by atoms with van der Waals surface area (Å²) in [5.74, 6) is 0.249. The predicted molar refractivity (Wildman–Crippen MR) is 88.5 cm³/mol. The molecule has 1 N–H and O–H groups in total. The van der Waals surface area contributed by atoms with Crippen molar-refractivity contribution in [2.24, 2.45) is 11.8 Å². The first kappa shape index (κ1) is 17.3. The molecule has 0 aromatic carbocycles. The van der Waals surface area contributed by atoms with Crippen molar-refractivity contribution in [3.63, 3.8) is 0 Å². The minimum Gasteiger partial charge on any atom is -0.381 e. The highest BCUT2D eigenvalue weighted by molar-refractivity contribution is 7.89. The number of sulfonamides is 1. The van der Waals surface area contributed by atoms with Crippen molar-refractivity contribution >= 4 is 15.9 Å². The monoisotopic (exact) mass is 353 g/mol. The number of carbonyl (C=O) groups is 1. The molecule has 3 rings (SSSR count). The molecule has 3 heterocycles. The second kappa shape index (κ2) is 7.58. The van der Waals surface area contributed by atoms with Gasteiger partial charge in [-0.3, -0.25) is 9.78 Å². The molecule has 0 unspecified atom stereocenters. The summed E-state index contributed by atoms with van der Waals surface area (Å²) < 4.78 is 32.1. The lowest BCUT2D eigenvalue weighted by Gasteiger charge is -2.41. The van der Waals surface area contributed by atoms with Gasteiger partial charge in [-0.15, -0.1) is 0 Å². The van der Waals surface area contributed by atoms with Gasteiger partial charge in [0.15, 0.2) is 0 Å². The van der Waals surface area contributed by atoms with Gasteiger partial charge in [0.25, 0.3) is 0 Å². The lowest BCUT2D eigenvalue weighted by Crippen LogP contribution is -2.55. The molecule has 132 valence electrons. The molecular weight excluding hydrogens is 330 g/mol. The van der Waals surface area contributed by atoms with Gasteiger partial charge in [0.2, 0.25) is 15.9 Å². The summed E-state index contributed by atoms with van der Waals surface area (Å²) in [6.07, 6.45) is 3.17. The zero-order chi connectivity index (χ0) is 17.0. The van der Waals surface area contributed by atoms with Crippen LogP contribution in [0.2, 0.25) is 0 Å². The topological polar surface area (TPSA) is 88.6 Å². The normalized spacial score (nSPS) is 19.9. The Bertz CT molecular complexity index is 653. The van der Waals surface area contributed by atoms with Crippen molar-refractivity contribution in [2.45, 2.75) is 19.4 Å². The number of aromatic nitrogens is 1. The number of nitrogens with one attached hydrogen (secondary N) is 1. The number of ether oxygens (including phenoxy) is 1. The SMILES string of the molecule is O=C(C1CCOCC1)N1CC(CS(=O)(=O)NCc2ccccn2)C1. The highest BCUT2D eigenvalue weighted by atomic mass is 32.2. The van der Waals surface area contributed by atoms with E-state index in [2.05, 4.69) is 9.71 Å². The zero-order valence-corrected chi connectivity index (χ0v) is 14.4. The fourth-order valence-electron chi connectivity index (χ4n) is 3.11. The van der Waals surface area contributed by atoms with Crippen LogP contribution in [0.3, 0.4) is 0 Å². The molecule has 0 atom stereocenters. The molecule has 0 saturated carbocycles. The minimum atomic E-state index is -3.36. The molecule has 1 amide bonds. The van der Waals surface area contributed by atoms with Gasteiger partial charge in [-0.25, -0.2) is 13.1 Å². The number of rotatable bonds is 6. The van der Waals surface area contributed by atoms with Crippen LogP contribution < -0.4 is 4.72 Å². The van der Waals surface area contributed by atoms with E-state index < -0.39 is 10.0 Å². The van der Waals surface area contributed by atoms with E-state index in [9.17, 15) is 13.2 Å². The van der Waals surface area contributed by atoms with E-state index >= 15 is 0 Å². The third-order valence-electron chi connectivity index (χ3n) is 4.49. The van der Waals surface area contributed by atoms with Crippen LogP contribution in [-0.4, -0.2) is 56.3 Å². The number of carbonyl (C=O) groups excluding carboxylic acids is 1. The molecule has 1 aromatic heterocycles. The Morgan fingerprint density at radius 3 is 2.71 bits per heavy atom. The first-order valence-electron chi connectivity index (χ1n) is 8.27. The molecule has 0 spiro atoms. The minimum absolute atomic E-state index is 0.00928. The van der Waals surface area contributed by atoms with Gasteiger partial charge < -0.3 is 9.64 Å². The zero-order valence-electron chi connectivity index (χ0n) is 13.6. The summed E-state index contributed by atoms with van der Waals surface area (Å²) in [6, 6.07) is 5.39. The molecule has 2 fully saturated rings. The van der Waals surface area contributed by atoms with E-state index in [0.29, 0.717) is 32.0 Å². The molecule has 7 nitrogen and oxygen atoms in total. The first-order chi connectivity index (χ1) is 11.5. The Hall–Kier alpha value is -1.51. The van der Waals surface area contributed by atoms with E-state index in [0.717, 1.165) is 12.8 Å². The van der Waals surface area contributed by atoms with Gasteiger partial charge in [0, 0.05) is 44.3 Å². The van der Waals surface area contributed by atoms with Gasteiger partial charge in [-0.05, 0) is 25.0 Å². The summed E-state index contributed by atoms with van der Waals surface area (Å²) in [5.41, 5.74) is 0.686. The smallest absolute Gasteiger partial charge is 0.225 e. The largest absolute Gasteiger partial charge is 0.381 e. The Labute approximate surface area is 142 Å². The van der Waals surface area contributed by atoms with Crippen molar-refractivity contribution < 1.29 is 17.9 Å². The summed E-state index contributed by atoms with van der Waals surface area (Å²) in [6.45, 7) is 2.53. The third-order valence-corrected chi connectivity index (χ3v) is 5.99. The van der Waals surface area contributed by atoms with Crippen LogP contribution in [0.4, 0.5) is 0 Å². The summed E-state index contributed by atoms with van der Waals surface area (Å²) in [4.78, 5) is 18.2. The Morgan fingerprint density at radius 2 is 2.04 bits per heavy atom. The maximum Gasteiger partial charge on any atom is 0.225 e. The van der Waals surface area contributed by atoms with Crippen molar-refractivity contribution in [1.29, 1.82) is 0 Å². The Kier molecular flexibility index (Phi) is 5.47. The lowest BCUT2D eigenvalue weighted by molar-refractivity contribution is -0.144. The van der Waals surface area contributed by atoms with Crippen LogP contribution in [0.1, 0.15) is 18.5 Å². The van der Waals surface area contributed by atoms with Gasteiger partial charge >= 0.3 is 0 Å². The fraction of sp³-hybridized carbons (Fsp3) is 0.625. The number of nitrogens with zero attached hydrogens (tertiary/aromatic N) is 2. The molecule has 8 heteroatoms. The van der Waals surface area contributed by atoms with E-state index in [1.807, 2.05) is 6.07 Å². The quantitative estimate of drug-likeness (QED) is 0.799. The van der Waals surface area contributed by atoms with E-state index in [4.69, 9.17) is 4.74 Å². The van der Waals surface area contributed by atoms with Crippen molar-refractivity contribution in [3.05, 3.63) is 30.1 Å². The number of pyridine rings is 1. The number of hydrogen-bond donors (Lipinski definition) is 1. The van der Waals surface area contributed by atoms with Gasteiger partial charge in [0.05, 0.1) is 18.0 Å². The Morgan fingerprint density at radius 1 is 1.29 bits per heavy atom. The third kappa shape index (κ3) is 4.52. The molecule has 1 aromatic rings. The molecule has 24 heavy (non-hydrogen) atoms. The lowest BCUT2D eigenvalue weighted by atomic mass is 9.94. The van der Waals surface area contributed by atoms with E-state index in [1.165, 1.54) is 0 Å². The number of amides is 1. The Balaban J connectivity index is 1.42. The van der Waals surface area contributed by atoms with Gasteiger partial charge in [-0.2, -0.15) is 0 Å². The highest BCUT2D eigenvalue weighted by Crippen LogP contribution is 2.24. The van der Waals surface area contributed by atoms with Crippen LogP contribution >= 0.6 is 0 Å². The second-order valence-electron chi connectivity index (χ2n) is 6.42. The predicted octanol–water partition coefficient (Wildman–Crippen LogP) is 0.386. The molecule has 0 aliphatic carbocycles. The van der Waals surface area contributed by atoms with Crippen LogP contribution in [-0.2, 0) is 26.1 Å².